The van der Waals surface area contributed by atoms with Crippen molar-refractivity contribution in [3.63, 3.8) is 0 Å². The van der Waals surface area contributed by atoms with E-state index in [4.69, 9.17) is 4.74 Å². The summed E-state index contributed by atoms with van der Waals surface area (Å²) in [5, 5.41) is 0. The summed E-state index contributed by atoms with van der Waals surface area (Å²) in [4.78, 5) is 20.2. The largest absolute Gasteiger partial charge is 0.425 e. The summed E-state index contributed by atoms with van der Waals surface area (Å²) >= 11 is 0. The number of H-pyrrole nitrogens is 1. The number of hydrogen-bond donors (Lipinski definition) is 1. The quantitative estimate of drug-likeness (QED) is 0.545. The molecule has 0 bridgehead atoms. The molecular formula is C20H22N2O2. The van der Waals surface area contributed by atoms with Crippen LogP contribution in [0.2, 0.25) is 0 Å². The van der Waals surface area contributed by atoms with Crippen molar-refractivity contribution in [3.05, 3.63) is 47.5 Å². The Labute approximate surface area is 141 Å². The highest BCUT2D eigenvalue weighted by molar-refractivity contribution is 5.84. The Morgan fingerprint density at radius 2 is 1.75 bits per heavy atom. The zero-order valence-corrected chi connectivity index (χ0v) is 14.7. The van der Waals surface area contributed by atoms with E-state index in [0.717, 1.165) is 16.6 Å². The number of carbonyl (C=O) groups excluding carboxylic acids is 1. The Morgan fingerprint density at radius 3 is 2.46 bits per heavy atom. The van der Waals surface area contributed by atoms with Crippen LogP contribution in [0.5, 0.6) is 5.75 Å². The number of fused-ring (bicyclic) bond motifs is 1. The number of esters is 1. The molecule has 0 unspecified atom stereocenters. The second kappa shape index (κ2) is 5.78. The minimum atomic E-state index is -0.560. The van der Waals surface area contributed by atoms with Gasteiger partial charge in [0.05, 0.1) is 22.0 Å². The van der Waals surface area contributed by atoms with Crippen LogP contribution in [0.15, 0.2) is 36.4 Å². The number of aryl methyl sites for hydroxylation is 2. The molecule has 0 saturated carbocycles. The van der Waals surface area contributed by atoms with Crippen molar-refractivity contribution in [2.24, 2.45) is 5.41 Å². The Hall–Kier alpha value is -2.62. The molecule has 2 aromatic carbocycles. The molecule has 3 rings (SSSR count). The van der Waals surface area contributed by atoms with Gasteiger partial charge in [-0.1, -0.05) is 12.1 Å². The van der Waals surface area contributed by atoms with Crippen LogP contribution in [-0.4, -0.2) is 15.9 Å². The molecule has 3 aromatic rings. The zero-order valence-electron chi connectivity index (χ0n) is 14.7. The smallest absolute Gasteiger partial charge is 0.316 e. The van der Waals surface area contributed by atoms with Crippen molar-refractivity contribution in [3.8, 4) is 17.1 Å². The highest BCUT2D eigenvalue weighted by Crippen LogP contribution is 2.31. The molecule has 0 aliphatic carbocycles. The SMILES string of the molecule is Cc1cc2nc(-c3ccccc3OC(=O)C(C)(C)C)[nH]c2cc1C. The van der Waals surface area contributed by atoms with Gasteiger partial charge in [-0.3, -0.25) is 4.79 Å². The number of ether oxygens (including phenoxy) is 1. The molecule has 1 heterocycles. The lowest BCUT2D eigenvalue weighted by atomic mass is 9.97. The maximum atomic E-state index is 12.2. The normalized spacial score (nSPS) is 11.7. The van der Waals surface area contributed by atoms with Crippen LogP contribution >= 0.6 is 0 Å². The molecule has 0 aliphatic heterocycles. The first-order valence-electron chi connectivity index (χ1n) is 8.04. The molecule has 0 atom stereocenters. The molecule has 4 nitrogen and oxygen atoms in total. The summed E-state index contributed by atoms with van der Waals surface area (Å²) in [6, 6.07) is 11.6. The second-order valence-electron chi connectivity index (χ2n) is 7.17. The van der Waals surface area contributed by atoms with Crippen LogP contribution < -0.4 is 4.74 Å². The summed E-state index contributed by atoms with van der Waals surface area (Å²) in [7, 11) is 0. The number of carbonyl (C=O) groups is 1. The van der Waals surface area contributed by atoms with Crippen LogP contribution in [0.1, 0.15) is 31.9 Å². The van der Waals surface area contributed by atoms with Gasteiger partial charge in [0.25, 0.3) is 0 Å². The van der Waals surface area contributed by atoms with Gasteiger partial charge in [-0.05, 0) is 70.0 Å². The standard InChI is InChI=1S/C20H22N2O2/c1-12-10-15-16(11-13(12)2)22-18(21-15)14-8-6-7-9-17(14)24-19(23)20(3,4)5/h6-11H,1-5H3,(H,21,22). The second-order valence-corrected chi connectivity index (χ2v) is 7.17. The van der Waals surface area contributed by atoms with E-state index in [1.807, 2.05) is 39.0 Å². The number of aromatic amines is 1. The first-order valence-corrected chi connectivity index (χ1v) is 8.04. The zero-order chi connectivity index (χ0) is 17.5. The minimum absolute atomic E-state index is 0.266. The van der Waals surface area contributed by atoms with Crippen LogP contribution in [0.3, 0.4) is 0 Å². The number of para-hydroxylation sites is 1. The van der Waals surface area contributed by atoms with Gasteiger partial charge < -0.3 is 9.72 Å². The molecule has 0 radical (unpaired) electrons. The van der Waals surface area contributed by atoms with Crippen molar-refractivity contribution in [1.82, 2.24) is 9.97 Å². The molecule has 0 saturated heterocycles. The molecule has 1 aromatic heterocycles. The summed E-state index contributed by atoms with van der Waals surface area (Å²) in [6.45, 7) is 9.66. The molecule has 24 heavy (non-hydrogen) atoms. The van der Waals surface area contributed by atoms with E-state index in [1.54, 1.807) is 6.07 Å². The third-order valence-electron chi connectivity index (χ3n) is 4.05. The lowest BCUT2D eigenvalue weighted by molar-refractivity contribution is -0.142. The fourth-order valence-electron chi connectivity index (χ4n) is 2.40. The summed E-state index contributed by atoms with van der Waals surface area (Å²) in [5.41, 5.74) is 4.52. The van der Waals surface area contributed by atoms with Gasteiger partial charge in [0.15, 0.2) is 0 Å². The van der Waals surface area contributed by atoms with Crippen LogP contribution in [0.4, 0.5) is 0 Å². The number of imidazole rings is 1. The van der Waals surface area contributed by atoms with Gasteiger partial charge >= 0.3 is 5.97 Å². The number of hydrogen-bond acceptors (Lipinski definition) is 3. The first kappa shape index (κ1) is 16.2. The van der Waals surface area contributed by atoms with Crippen molar-refractivity contribution in [2.75, 3.05) is 0 Å². The number of nitrogens with zero attached hydrogens (tertiary/aromatic N) is 1. The lowest BCUT2D eigenvalue weighted by Crippen LogP contribution is -2.25. The highest BCUT2D eigenvalue weighted by atomic mass is 16.5. The van der Waals surface area contributed by atoms with Crippen molar-refractivity contribution in [1.29, 1.82) is 0 Å². The van der Waals surface area contributed by atoms with Crippen LogP contribution in [0.25, 0.3) is 22.4 Å². The van der Waals surface area contributed by atoms with Crippen molar-refractivity contribution >= 4 is 17.0 Å². The Bertz CT molecular complexity index is 878. The topological polar surface area (TPSA) is 55.0 Å². The van der Waals surface area contributed by atoms with E-state index in [2.05, 4.69) is 35.9 Å². The monoisotopic (exact) mass is 322 g/mol. The van der Waals surface area contributed by atoms with Gasteiger partial charge in [0.2, 0.25) is 0 Å². The lowest BCUT2D eigenvalue weighted by Gasteiger charge is -2.17. The maximum absolute atomic E-state index is 12.2. The molecule has 0 amide bonds. The van der Waals surface area contributed by atoms with Gasteiger partial charge in [-0.2, -0.15) is 0 Å². The first-order chi connectivity index (χ1) is 11.3. The fourth-order valence-corrected chi connectivity index (χ4v) is 2.40. The van der Waals surface area contributed by atoms with Gasteiger partial charge in [-0.15, -0.1) is 0 Å². The van der Waals surface area contributed by atoms with Crippen LogP contribution in [0, 0.1) is 19.3 Å². The number of aromatic nitrogens is 2. The summed E-state index contributed by atoms with van der Waals surface area (Å²) in [6.07, 6.45) is 0. The molecule has 4 heteroatoms. The van der Waals surface area contributed by atoms with Gasteiger partial charge in [0.1, 0.15) is 11.6 Å². The van der Waals surface area contributed by atoms with E-state index in [1.165, 1.54) is 11.1 Å². The molecule has 0 spiro atoms. The third kappa shape index (κ3) is 3.04. The Morgan fingerprint density at radius 1 is 1.08 bits per heavy atom. The van der Waals surface area contributed by atoms with E-state index < -0.39 is 5.41 Å². The Balaban J connectivity index is 2.05. The summed E-state index contributed by atoms with van der Waals surface area (Å²) < 4.78 is 5.61. The molecule has 0 aliphatic rings. The van der Waals surface area contributed by atoms with Crippen LogP contribution in [-0.2, 0) is 4.79 Å². The number of rotatable bonds is 2. The van der Waals surface area contributed by atoms with E-state index in [-0.39, 0.29) is 5.97 Å². The number of benzene rings is 2. The predicted molar refractivity (Wildman–Crippen MR) is 96.1 cm³/mol. The molecular weight excluding hydrogens is 300 g/mol. The number of nitrogens with one attached hydrogen (secondary N) is 1. The van der Waals surface area contributed by atoms with E-state index >= 15 is 0 Å². The Kier molecular flexibility index (Phi) is 3.91. The van der Waals surface area contributed by atoms with Crippen molar-refractivity contribution in [2.45, 2.75) is 34.6 Å². The average Bonchev–Trinajstić information content (AvgIpc) is 2.90. The van der Waals surface area contributed by atoms with Gasteiger partial charge in [0, 0.05) is 0 Å². The maximum Gasteiger partial charge on any atom is 0.316 e. The van der Waals surface area contributed by atoms with E-state index in [0.29, 0.717) is 11.6 Å². The third-order valence-corrected chi connectivity index (χ3v) is 4.05. The predicted octanol–water partition coefficient (Wildman–Crippen LogP) is 4.80. The van der Waals surface area contributed by atoms with Crippen molar-refractivity contribution < 1.29 is 9.53 Å². The highest BCUT2D eigenvalue weighted by Gasteiger charge is 2.25. The molecule has 0 fully saturated rings. The minimum Gasteiger partial charge on any atom is -0.425 e. The summed E-state index contributed by atoms with van der Waals surface area (Å²) in [5.74, 6) is 0.954. The van der Waals surface area contributed by atoms with Gasteiger partial charge in [-0.25, -0.2) is 4.98 Å². The fraction of sp³-hybridized carbons (Fsp3) is 0.300. The molecule has 1 N–H and O–H groups in total. The van der Waals surface area contributed by atoms with E-state index in [9.17, 15) is 4.79 Å². The molecule has 124 valence electrons. The average molecular weight is 322 g/mol.